The number of hydrogen-bond donors (Lipinski definition) is 1. The van der Waals surface area contributed by atoms with Crippen molar-refractivity contribution in [3.63, 3.8) is 0 Å². The lowest BCUT2D eigenvalue weighted by Crippen LogP contribution is -2.25. The van der Waals surface area contributed by atoms with Gasteiger partial charge in [0.15, 0.2) is 6.61 Å². The zero-order chi connectivity index (χ0) is 15.9. The Morgan fingerprint density at radius 3 is 2.45 bits per heavy atom. The lowest BCUT2D eigenvalue weighted by atomic mass is 10.1. The molecule has 2 aromatic rings. The van der Waals surface area contributed by atoms with Gasteiger partial charge in [0.05, 0.1) is 5.71 Å². The van der Waals surface area contributed by atoms with E-state index in [1.807, 2.05) is 12.1 Å². The number of nitrogens with zero attached hydrogens (tertiary/aromatic N) is 1. The third-order valence-electron chi connectivity index (χ3n) is 2.79. The van der Waals surface area contributed by atoms with Gasteiger partial charge in [-0.1, -0.05) is 28.1 Å². The number of rotatable bonds is 5. The van der Waals surface area contributed by atoms with E-state index in [-0.39, 0.29) is 18.3 Å². The number of hydrazone groups is 1. The predicted octanol–water partition coefficient (Wildman–Crippen LogP) is 3.51. The Bertz CT molecular complexity index is 670. The van der Waals surface area contributed by atoms with Crippen molar-refractivity contribution < 1.29 is 13.9 Å². The van der Waals surface area contributed by atoms with Crippen LogP contribution in [0.2, 0.25) is 0 Å². The van der Waals surface area contributed by atoms with Crippen molar-refractivity contribution in [2.75, 3.05) is 6.61 Å². The van der Waals surface area contributed by atoms with Gasteiger partial charge in [0.1, 0.15) is 11.6 Å². The molecule has 0 bridgehead atoms. The first-order valence-corrected chi connectivity index (χ1v) is 7.31. The summed E-state index contributed by atoms with van der Waals surface area (Å²) in [5.74, 6) is -0.0922. The van der Waals surface area contributed by atoms with E-state index < -0.39 is 0 Å². The van der Waals surface area contributed by atoms with Gasteiger partial charge in [-0.05, 0) is 48.9 Å². The Hall–Kier alpha value is -2.21. The van der Waals surface area contributed by atoms with Crippen LogP contribution in [0.1, 0.15) is 12.5 Å². The van der Waals surface area contributed by atoms with Crippen molar-refractivity contribution in [2.24, 2.45) is 5.10 Å². The molecule has 4 nitrogen and oxygen atoms in total. The SMILES string of the molecule is C/C(=N\NC(=O)COc1ccc(Br)cc1)c1ccc(F)cc1. The van der Waals surface area contributed by atoms with Crippen LogP contribution < -0.4 is 10.2 Å². The van der Waals surface area contributed by atoms with Crippen molar-refractivity contribution in [3.05, 3.63) is 64.4 Å². The molecule has 1 amide bonds. The minimum absolute atomic E-state index is 0.137. The lowest BCUT2D eigenvalue weighted by Gasteiger charge is -2.06. The van der Waals surface area contributed by atoms with Crippen molar-refractivity contribution in [1.82, 2.24) is 5.43 Å². The van der Waals surface area contributed by atoms with Gasteiger partial charge in [-0.2, -0.15) is 5.10 Å². The average molecular weight is 365 g/mol. The molecule has 0 saturated heterocycles. The highest BCUT2D eigenvalue weighted by Gasteiger charge is 2.03. The summed E-state index contributed by atoms with van der Waals surface area (Å²) < 4.78 is 19.1. The number of benzene rings is 2. The first-order valence-electron chi connectivity index (χ1n) is 6.52. The molecule has 0 heterocycles. The third kappa shape index (κ3) is 4.96. The second-order valence-electron chi connectivity index (χ2n) is 4.48. The molecule has 0 aliphatic carbocycles. The summed E-state index contributed by atoms with van der Waals surface area (Å²) in [6, 6.07) is 13.0. The summed E-state index contributed by atoms with van der Waals surface area (Å²) in [6.07, 6.45) is 0. The van der Waals surface area contributed by atoms with E-state index in [1.165, 1.54) is 12.1 Å². The van der Waals surface area contributed by atoms with E-state index in [0.717, 1.165) is 10.0 Å². The van der Waals surface area contributed by atoms with Gasteiger partial charge in [-0.3, -0.25) is 4.79 Å². The number of nitrogens with one attached hydrogen (secondary N) is 1. The second-order valence-corrected chi connectivity index (χ2v) is 5.40. The van der Waals surface area contributed by atoms with Crippen molar-refractivity contribution >= 4 is 27.5 Å². The fourth-order valence-electron chi connectivity index (χ4n) is 1.61. The molecule has 6 heteroatoms. The Kier molecular flexibility index (Phi) is 5.66. The minimum atomic E-state index is -0.371. The van der Waals surface area contributed by atoms with Gasteiger partial charge in [0.25, 0.3) is 5.91 Å². The molecule has 0 aliphatic heterocycles. The van der Waals surface area contributed by atoms with Gasteiger partial charge < -0.3 is 4.74 Å². The molecule has 1 N–H and O–H groups in total. The Morgan fingerprint density at radius 1 is 1.18 bits per heavy atom. The number of hydrogen-bond acceptors (Lipinski definition) is 3. The average Bonchev–Trinajstić information content (AvgIpc) is 2.52. The van der Waals surface area contributed by atoms with Crippen LogP contribution in [0.4, 0.5) is 4.39 Å². The highest BCUT2D eigenvalue weighted by molar-refractivity contribution is 9.10. The van der Waals surface area contributed by atoms with E-state index in [0.29, 0.717) is 11.5 Å². The second kappa shape index (κ2) is 7.70. The fourth-order valence-corrected chi connectivity index (χ4v) is 1.88. The Labute approximate surface area is 136 Å². The molecule has 0 unspecified atom stereocenters. The molecular weight excluding hydrogens is 351 g/mol. The van der Waals surface area contributed by atoms with Crippen molar-refractivity contribution in [1.29, 1.82) is 0 Å². The molecule has 0 fully saturated rings. The number of halogens is 2. The normalized spacial score (nSPS) is 11.1. The van der Waals surface area contributed by atoms with Crippen LogP contribution in [0.25, 0.3) is 0 Å². The fraction of sp³-hybridized carbons (Fsp3) is 0.125. The van der Waals surface area contributed by atoms with E-state index in [4.69, 9.17) is 4.74 Å². The zero-order valence-electron chi connectivity index (χ0n) is 11.8. The molecule has 114 valence electrons. The van der Waals surface area contributed by atoms with Crippen LogP contribution in [0.5, 0.6) is 5.75 Å². The molecule has 0 atom stereocenters. The molecule has 0 aliphatic rings. The summed E-state index contributed by atoms with van der Waals surface area (Å²) >= 11 is 3.32. The van der Waals surface area contributed by atoms with Crippen molar-refractivity contribution in [2.45, 2.75) is 6.92 Å². The molecule has 2 rings (SSSR count). The molecule has 2 aromatic carbocycles. The summed E-state index contributed by atoms with van der Waals surface area (Å²) in [5.41, 5.74) is 3.71. The standard InChI is InChI=1S/C16H14BrFN2O2/c1-11(12-2-6-14(18)7-3-12)19-20-16(21)10-22-15-8-4-13(17)5-9-15/h2-9H,10H2,1H3,(H,20,21)/b19-11+. The highest BCUT2D eigenvalue weighted by Crippen LogP contribution is 2.15. The molecule has 0 saturated carbocycles. The van der Waals surface area contributed by atoms with E-state index in [2.05, 4.69) is 26.5 Å². The molecular formula is C16H14BrFN2O2. The number of ether oxygens (including phenoxy) is 1. The number of carbonyl (C=O) groups excluding carboxylic acids is 1. The Balaban J connectivity index is 1.85. The molecule has 22 heavy (non-hydrogen) atoms. The predicted molar refractivity (Wildman–Crippen MR) is 86.4 cm³/mol. The van der Waals surface area contributed by atoms with Gasteiger partial charge in [0.2, 0.25) is 0 Å². The molecule has 0 aromatic heterocycles. The quantitative estimate of drug-likeness (QED) is 0.651. The van der Waals surface area contributed by atoms with Gasteiger partial charge >= 0.3 is 0 Å². The van der Waals surface area contributed by atoms with Crippen LogP contribution in [0, 0.1) is 5.82 Å². The van der Waals surface area contributed by atoms with Crippen molar-refractivity contribution in [3.8, 4) is 5.75 Å². The molecule has 0 radical (unpaired) electrons. The Morgan fingerprint density at radius 2 is 1.82 bits per heavy atom. The van der Waals surface area contributed by atoms with Crippen LogP contribution in [0.3, 0.4) is 0 Å². The minimum Gasteiger partial charge on any atom is -0.484 e. The van der Waals surface area contributed by atoms with Gasteiger partial charge in [0, 0.05) is 4.47 Å². The zero-order valence-corrected chi connectivity index (χ0v) is 13.4. The number of carbonyl (C=O) groups is 1. The largest absolute Gasteiger partial charge is 0.484 e. The molecule has 0 spiro atoms. The summed E-state index contributed by atoms with van der Waals surface area (Å²) in [4.78, 5) is 11.7. The van der Waals surface area contributed by atoms with Crippen LogP contribution in [-0.2, 0) is 4.79 Å². The summed E-state index contributed by atoms with van der Waals surface area (Å²) in [6.45, 7) is 1.59. The number of amides is 1. The van der Waals surface area contributed by atoms with E-state index >= 15 is 0 Å². The van der Waals surface area contributed by atoms with E-state index in [1.54, 1.807) is 31.2 Å². The lowest BCUT2D eigenvalue weighted by molar-refractivity contribution is -0.123. The maximum atomic E-state index is 12.8. The summed E-state index contributed by atoms with van der Waals surface area (Å²) in [7, 11) is 0. The summed E-state index contributed by atoms with van der Waals surface area (Å²) in [5, 5.41) is 3.96. The highest BCUT2D eigenvalue weighted by atomic mass is 79.9. The van der Waals surface area contributed by atoms with E-state index in [9.17, 15) is 9.18 Å². The van der Waals surface area contributed by atoms with Crippen LogP contribution in [0.15, 0.2) is 58.1 Å². The van der Waals surface area contributed by atoms with Gasteiger partial charge in [-0.25, -0.2) is 9.82 Å². The first-order chi connectivity index (χ1) is 10.5. The van der Waals surface area contributed by atoms with Gasteiger partial charge in [-0.15, -0.1) is 0 Å². The maximum absolute atomic E-state index is 12.8. The third-order valence-corrected chi connectivity index (χ3v) is 3.32. The monoisotopic (exact) mass is 364 g/mol. The van der Waals surface area contributed by atoms with Crippen LogP contribution in [-0.4, -0.2) is 18.2 Å². The smallest absolute Gasteiger partial charge is 0.277 e. The topological polar surface area (TPSA) is 50.7 Å². The van der Waals surface area contributed by atoms with Crippen LogP contribution >= 0.6 is 15.9 Å². The first kappa shape index (κ1) is 16.2. The maximum Gasteiger partial charge on any atom is 0.277 e.